The maximum absolute atomic E-state index is 12.7. The number of hydrogen-bond donors (Lipinski definition) is 3. The summed E-state index contributed by atoms with van der Waals surface area (Å²) in [6, 6.07) is -1.48. The fourth-order valence-corrected chi connectivity index (χ4v) is 8.11. The van der Waals surface area contributed by atoms with E-state index in [-0.39, 0.29) is 13.0 Å². The third-order valence-corrected chi connectivity index (χ3v) is 12.4. The van der Waals surface area contributed by atoms with Crippen molar-refractivity contribution in [1.29, 1.82) is 0 Å². The number of aliphatic carboxylic acids is 1. The second kappa shape index (κ2) is 51.3. The summed E-state index contributed by atoms with van der Waals surface area (Å²) >= 11 is 0. The van der Waals surface area contributed by atoms with Crippen LogP contribution < -0.4 is 5.73 Å². The molecule has 10 nitrogen and oxygen atoms in total. The van der Waals surface area contributed by atoms with Gasteiger partial charge >= 0.3 is 19.8 Å². The zero-order valence-electron chi connectivity index (χ0n) is 42.7. The van der Waals surface area contributed by atoms with Gasteiger partial charge in [-0.1, -0.05) is 215 Å². The van der Waals surface area contributed by atoms with E-state index in [4.69, 9.17) is 29.4 Å². The molecule has 0 radical (unpaired) electrons. The van der Waals surface area contributed by atoms with Gasteiger partial charge in [0, 0.05) is 13.0 Å². The number of phosphoric acid groups is 1. The maximum Gasteiger partial charge on any atom is 0.472 e. The smallest absolute Gasteiger partial charge is 0.472 e. The molecule has 0 aromatic rings. The van der Waals surface area contributed by atoms with Crippen molar-refractivity contribution >= 4 is 19.8 Å². The van der Waals surface area contributed by atoms with Crippen molar-refractivity contribution in [1.82, 2.24) is 0 Å². The quantitative estimate of drug-likeness (QED) is 0.0232. The fraction of sp³-hybridized carbons (Fsp3) is 0.750. The lowest BCUT2D eigenvalue weighted by Crippen LogP contribution is -2.34. The monoisotopic (exact) mass is 962 g/mol. The normalized spacial score (nSPS) is 14.2. The topological polar surface area (TPSA) is 155 Å². The average molecular weight is 962 g/mol. The van der Waals surface area contributed by atoms with Crippen LogP contribution in [-0.2, 0) is 32.7 Å². The highest BCUT2D eigenvalue weighted by atomic mass is 31.2. The van der Waals surface area contributed by atoms with Crippen LogP contribution >= 0.6 is 7.82 Å². The molecule has 0 bridgehead atoms. The van der Waals surface area contributed by atoms with E-state index in [1.165, 1.54) is 128 Å². The van der Waals surface area contributed by atoms with Crippen LogP contribution in [0, 0.1) is 0 Å². The minimum atomic E-state index is -4.63. The second-order valence-electron chi connectivity index (χ2n) is 18.0. The lowest BCUT2D eigenvalue weighted by molar-refractivity contribution is -0.154. The number of carbonyl (C=O) groups excluding carboxylic acids is 1. The van der Waals surface area contributed by atoms with Crippen LogP contribution in [0.3, 0.4) is 0 Å². The number of nitrogens with two attached hydrogens (primary N) is 1. The number of rotatable bonds is 51. The van der Waals surface area contributed by atoms with E-state index in [0.29, 0.717) is 13.0 Å². The van der Waals surface area contributed by atoms with Gasteiger partial charge in [0.05, 0.1) is 19.8 Å². The van der Waals surface area contributed by atoms with E-state index in [9.17, 15) is 19.0 Å². The molecule has 0 spiro atoms. The highest BCUT2D eigenvalue weighted by Gasteiger charge is 2.27. The minimum Gasteiger partial charge on any atom is -0.480 e. The highest BCUT2D eigenvalue weighted by molar-refractivity contribution is 7.47. The number of esters is 1. The van der Waals surface area contributed by atoms with Gasteiger partial charge in [-0.15, -0.1) is 0 Å². The van der Waals surface area contributed by atoms with Gasteiger partial charge in [-0.05, 0) is 83.5 Å². The molecule has 3 atom stereocenters. The molecule has 0 rings (SSSR count). The SMILES string of the molecule is CC/C=C\C/C=C\C/C=C\C/C=C\CCCCCCCCCCCCCOCC(COP(=O)(O)OCC(N)C(=O)O)OC(=O)CCCCCCCCCCC/C=C\C/C=C\CCCCCCC. The molecule has 0 fully saturated rings. The van der Waals surface area contributed by atoms with E-state index in [1.54, 1.807) is 0 Å². The lowest BCUT2D eigenvalue weighted by Gasteiger charge is -2.20. The number of carbonyl (C=O) groups is 2. The summed E-state index contributed by atoms with van der Waals surface area (Å²) < 4.78 is 33.6. The first kappa shape index (κ1) is 64.4. The Bertz CT molecular complexity index is 1340. The average Bonchev–Trinajstić information content (AvgIpc) is 3.31. The number of unbranched alkanes of at least 4 members (excludes halogenated alkanes) is 25. The molecule has 67 heavy (non-hydrogen) atoms. The summed E-state index contributed by atoms with van der Waals surface area (Å²) in [5, 5.41) is 8.94. The van der Waals surface area contributed by atoms with Gasteiger partial charge in [0.1, 0.15) is 12.1 Å². The van der Waals surface area contributed by atoms with Gasteiger partial charge in [-0.25, -0.2) is 4.57 Å². The first-order valence-corrected chi connectivity index (χ1v) is 28.5. The Balaban J connectivity index is 4.13. The van der Waals surface area contributed by atoms with Gasteiger partial charge in [0.25, 0.3) is 0 Å². The van der Waals surface area contributed by atoms with E-state index >= 15 is 0 Å². The summed E-state index contributed by atoms with van der Waals surface area (Å²) in [4.78, 5) is 33.8. The summed E-state index contributed by atoms with van der Waals surface area (Å²) in [7, 11) is -4.63. The molecular formula is C56H100NO9P. The standard InChI is InChI=1S/C56H100NO9P/c1-3-5-7-9-11-13-15-17-19-21-23-25-26-27-29-31-33-35-37-39-41-43-45-47-49-63-50-53(51-64-67(61,62)65-52-54(57)56(59)60)66-55(58)48-46-44-42-40-38-36-34-32-30-28-24-22-20-18-16-14-12-10-8-6-4-2/h5,7,11,13,16-19,22-25,53-54H,3-4,6,8-10,12,14-15,20-21,26-52,57H2,1-2H3,(H,59,60)(H,61,62)/b7-5-,13-11-,18-16-,19-17-,24-22-,25-23-. The molecule has 4 N–H and O–H groups in total. The summed E-state index contributed by atoms with van der Waals surface area (Å²) in [6.45, 7) is 3.77. The lowest BCUT2D eigenvalue weighted by atomic mass is 10.1. The van der Waals surface area contributed by atoms with Crippen LogP contribution in [0.2, 0.25) is 0 Å². The maximum atomic E-state index is 12.7. The molecule has 0 aromatic carbocycles. The van der Waals surface area contributed by atoms with Crippen LogP contribution in [0.5, 0.6) is 0 Å². The van der Waals surface area contributed by atoms with Crippen molar-refractivity contribution in [2.24, 2.45) is 5.73 Å². The molecule has 0 saturated carbocycles. The predicted molar refractivity (Wildman–Crippen MR) is 281 cm³/mol. The third-order valence-electron chi connectivity index (χ3n) is 11.5. The zero-order valence-corrected chi connectivity index (χ0v) is 43.6. The number of hydrogen-bond acceptors (Lipinski definition) is 8. The number of phosphoric ester groups is 1. The molecule has 388 valence electrons. The van der Waals surface area contributed by atoms with E-state index in [2.05, 4.69) is 86.8 Å². The van der Waals surface area contributed by atoms with Crippen molar-refractivity contribution in [3.8, 4) is 0 Å². The molecule has 11 heteroatoms. The molecule has 0 saturated heterocycles. The first-order chi connectivity index (χ1) is 32.7. The van der Waals surface area contributed by atoms with Crippen molar-refractivity contribution in [3.05, 3.63) is 72.9 Å². The van der Waals surface area contributed by atoms with Gasteiger partial charge < -0.3 is 25.2 Å². The summed E-state index contributed by atoms with van der Waals surface area (Å²) in [5.41, 5.74) is 5.38. The molecule has 0 aliphatic heterocycles. The summed E-state index contributed by atoms with van der Waals surface area (Å²) in [6.07, 6.45) is 65.3. The van der Waals surface area contributed by atoms with E-state index in [1.807, 2.05) is 0 Å². The van der Waals surface area contributed by atoms with Crippen LogP contribution in [0.25, 0.3) is 0 Å². The number of ether oxygens (including phenoxy) is 2. The van der Waals surface area contributed by atoms with E-state index in [0.717, 1.165) is 77.0 Å². The fourth-order valence-electron chi connectivity index (χ4n) is 7.33. The Kier molecular flexibility index (Phi) is 49.3. The molecule has 3 unspecified atom stereocenters. The Hall–Kier alpha value is -2.59. The van der Waals surface area contributed by atoms with Crippen molar-refractivity contribution in [2.45, 2.75) is 244 Å². The minimum absolute atomic E-state index is 0.0107. The number of allylic oxidation sites excluding steroid dienone is 12. The van der Waals surface area contributed by atoms with Crippen molar-refractivity contribution in [2.75, 3.05) is 26.4 Å². The van der Waals surface area contributed by atoms with Crippen molar-refractivity contribution in [3.63, 3.8) is 0 Å². The number of carboxylic acid groups (broad SMARTS) is 1. The molecule has 0 aliphatic carbocycles. The van der Waals surface area contributed by atoms with Gasteiger partial charge in [0.15, 0.2) is 0 Å². The van der Waals surface area contributed by atoms with Gasteiger partial charge in [-0.3, -0.25) is 18.6 Å². The predicted octanol–water partition coefficient (Wildman–Crippen LogP) is 16.1. The Morgan fingerprint density at radius 2 is 0.866 bits per heavy atom. The van der Waals surface area contributed by atoms with Crippen LogP contribution in [-0.4, -0.2) is 60.5 Å². The van der Waals surface area contributed by atoms with Crippen LogP contribution in [0.1, 0.15) is 232 Å². The molecule has 0 amide bonds. The highest BCUT2D eigenvalue weighted by Crippen LogP contribution is 2.43. The van der Waals surface area contributed by atoms with Gasteiger partial charge in [0.2, 0.25) is 0 Å². The molecular weight excluding hydrogens is 862 g/mol. The second-order valence-corrected chi connectivity index (χ2v) is 19.4. The Morgan fingerprint density at radius 1 is 0.493 bits per heavy atom. The van der Waals surface area contributed by atoms with E-state index < -0.39 is 45.1 Å². The Morgan fingerprint density at radius 3 is 1.30 bits per heavy atom. The molecule has 0 heterocycles. The van der Waals surface area contributed by atoms with Crippen LogP contribution in [0.15, 0.2) is 72.9 Å². The largest absolute Gasteiger partial charge is 0.480 e. The molecule has 0 aliphatic rings. The van der Waals surface area contributed by atoms with Gasteiger partial charge in [-0.2, -0.15) is 0 Å². The molecule has 0 aromatic heterocycles. The van der Waals surface area contributed by atoms with Crippen molar-refractivity contribution < 1.29 is 42.7 Å². The zero-order chi connectivity index (χ0) is 49.0. The Labute approximate surface area is 410 Å². The third kappa shape index (κ3) is 51.1. The summed E-state index contributed by atoms with van der Waals surface area (Å²) in [5.74, 6) is -1.78. The number of carboxylic acids is 1. The first-order valence-electron chi connectivity index (χ1n) is 27.0. The van der Waals surface area contributed by atoms with Crippen LogP contribution in [0.4, 0.5) is 0 Å².